The number of aromatic nitrogens is 1. The third-order valence-corrected chi connectivity index (χ3v) is 2.92. The molecule has 0 spiro atoms. The molecule has 0 unspecified atom stereocenters. The van der Waals surface area contributed by atoms with Crippen molar-refractivity contribution in [3.8, 4) is 0 Å². The zero-order valence-corrected chi connectivity index (χ0v) is 8.76. The molecule has 1 aromatic rings. The van der Waals surface area contributed by atoms with Crippen molar-refractivity contribution in [3.63, 3.8) is 0 Å². The summed E-state index contributed by atoms with van der Waals surface area (Å²) >= 11 is 7.61. The van der Waals surface area contributed by atoms with Crippen LogP contribution in [0.25, 0.3) is 0 Å². The first-order valence-electron chi connectivity index (χ1n) is 2.97. The maximum absolute atomic E-state index is 11.1. The summed E-state index contributed by atoms with van der Waals surface area (Å²) in [6.07, 6.45) is 1.45. The summed E-state index contributed by atoms with van der Waals surface area (Å²) < 4.78 is 0.597. The number of halogens is 2. The molecule has 0 saturated carbocycles. The van der Waals surface area contributed by atoms with E-state index in [9.17, 15) is 4.79 Å². The van der Waals surface area contributed by atoms with Gasteiger partial charge in [-0.15, -0.1) is 0 Å². The number of nitrogen functional groups attached to an aromatic ring is 1. The molecule has 0 bridgehead atoms. The van der Waals surface area contributed by atoms with Gasteiger partial charge in [-0.1, -0.05) is 11.6 Å². The van der Waals surface area contributed by atoms with Crippen molar-refractivity contribution in [3.05, 3.63) is 26.5 Å². The second-order valence-electron chi connectivity index (χ2n) is 1.94. The molecule has 6 heteroatoms. The second kappa shape index (κ2) is 4.01. The van der Waals surface area contributed by atoms with Crippen LogP contribution in [0.4, 0.5) is 0 Å². The maximum Gasteiger partial charge on any atom is 0.266 e. The Morgan fingerprint density at radius 2 is 2.42 bits per heavy atom. The normalized spacial score (nSPS) is 9.58. The Hall–Kier alpha value is -0.400. The first-order chi connectivity index (χ1) is 5.66. The molecule has 0 aliphatic carbocycles. The first kappa shape index (κ1) is 9.69. The van der Waals surface area contributed by atoms with Gasteiger partial charge in [-0.05, 0) is 28.7 Å². The van der Waals surface area contributed by atoms with Gasteiger partial charge >= 0.3 is 0 Å². The van der Waals surface area contributed by atoms with E-state index in [0.29, 0.717) is 14.3 Å². The SMILES string of the molecule is NNC(=O)c1ccnc(Cl)c1I. The highest BCUT2D eigenvalue weighted by Gasteiger charge is 2.10. The number of pyridine rings is 1. The van der Waals surface area contributed by atoms with E-state index in [0.717, 1.165) is 0 Å². The van der Waals surface area contributed by atoms with Gasteiger partial charge in [-0.3, -0.25) is 10.2 Å². The summed E-state index contributed by atoms with van der Waals surface area (Å²) in [4.78, 5) is 14.9. The van der Waals surface area contributed by atoms with Crippen LogP contribution in [0.5, 0.6) is 0 Å². The Bertz CT molecular complexity index is 318. The smallest absolute Gasteiger partial charge is 0.266 e. The largest absolute Gasteiger partial charge is 0.290 e. The van der Waals surface area contributed by atoms with Crippen LogP contribution in [0.2, 0.25) is 5.15 Å². The van der Waals surface area contributed by atoms with Crippen LogP contribution < -0.4 is 11.3 Å². The van der Waals surface area contributed by atoms with E-state index in [4.69, 9.17) is 17.4 Å². The van der Waals surface area contributed by atoms with E-state index in [1.165, 1.54) is 6.20 Å². The molecule has 0 aliphatic rings. The van der Waals surface area contributed by atoms with Crippen molar-refractivity contribution in [1.82, 2.24) is 10.4 Å². The van der Waals surface area contributed by atoms with Crippen LogP contribution in [-0.4, -0.2) is 10.9 Å². The third kappa shape index (κ3) is 1.85. The van der Waals surface area contributed by atoms with Crippen LogP contribution in [0.3, 0.4) is 0 Å². The van der Waals surface area contributed by atoms with Crippen LogP contribution in [0.1, 0.15) is 10.4 Å². The minimum Gasteiger partial charge on any atom is -0.290 e. The molecule has 0 saturated heterocycles. The summed E-state index contributed by atoms with van der Waals surface area (Å²) in [5, 5.41) is 0.303. The molecule has 64 valence electrons. The lowest BCUT2D eigenvalue weighted by atomic mass is 10.2. The number of nitrogens with one attached hydrogen (secondary N) is 1. The highest BCUT2D eigenvalue weighted by molar-refractivity contribution is 14.1. The highest BCUT2D eigenvalue weighted by Crippen LogP contribution is 2.18. The Morgan fingerprint density at radius 1 is 1.75 bits per heavy atom. The quantitative estimate of drug-likeness (QED) is 0.266. The molecule has 1 heterocycles. The molecule has 0 aromatic carbocycles. The van der Waals surface area contributed by atoms with Gasteiger partial charge in [0.25, 0.3) is 5.91 Å². The molecule has 1 aromatic heterocycles. The van der Waals surface area contributed by atoms with Crippen molar-refractivity contribution >= 4 is 40.1 Å². The molecule has 0 aliphatic heterocycles. The van der Waals surface area contributed by atoms with Gasteiger partial charge in [-0.25, -0.2) is 10.8 Å². The zero-order valence-electron chi connectivity index (χ0n) is 5.84. The van der Waals surface area contributed by atoms with Gasteiger partial charge in [0.2, 0.25) is 0 Å². The van der Waals surface area contributed by atoms with Crippen LogP contribution in [0.15, 0.2) is 12.3 Å². The van der Waals surface area contributed by atoms with Crippen LogP contribution in [-0.2, 0) is 0 Å². The number of carbonyl (C=O) groups is 1. The lowest BCUT2D eigenvalue weighted by Crippen LogP contribution is -2.30. The molecule has 1 amide bonds. The fourth-order valence-corrected chi connectivity index (χ4v) is 1.39. The standard InChI is InChI=1S/C6H5ClIN3O/c7-5-4(8)3(1-2-10-5)6(12)11-9/h1-2H,9H2,(H,11,12). The summed E-state index contributed by atoms with van der Waals surface area (Å²) in [5.41, 5.74) is 2.45. The summed E-state index contributed by atoms with van der Waals surface area (Å²) in [7, 11) is 0. The molecule has 3 N–H and O–H groups in total. The van der Waals surface area contributed by atoms with E-state index in [1.807, 2.05) is 28.0 Å². The van der Waals surface area contributed by atoms with E-state index >= 15 is 0 Å². The zero-order chi connectivity index (χ0) is 9.14. The topological polar surface area (TPSA) is 68.0 Å². The Kier molecular flexibility index (Phi) is 3.24. The van der Waals surface area contributed by atoms with E-state index in [2.05, 4.69) is 4.98 Å². The number of nitrogens with zero attached hydrogens (tertiary/aromatic N) is 1. The minimum atomic E-state index is -0.372. The Morgan fingerprint density at radius 3 is 3.00 bits per heavy atom. The van der Waals surface area contributed by atoms with Gasteiger partial charge < -0.3 is 0 Å². The second-order valence-corrected chi connectivity index (χ2v) is 3.37. The van der Waals surface area contributed by atoms with E-state index in [-0.39, 0.29) is 5.91 Å². The van der Waals surface area contributed by atoms with Crippen molar-refractivity contribution in [2.45, 2.75) is 0 Å². The Balaban J connectivity index is 3.16. The van der Waals surface area contributed by atoms with Gasteiger partial charge in [0.1, 0.15) is 5.15 Å². The summed E-state index contributed by atoms with van der Waals surface area (Å²) in [5.74, 6) is 4.59. The average Bonchev–Trinajstić information content (AvgIpc) is 2.08. The van der Waals surface area contributed by atoms with Gasteiger partial charge in [0.05, 0.1) is 9.13 Å². The number of amides is 1. The molecular formula is C6H5ClIN3O. The predicted molar refractivity (Wildman–Crippen MR) is 53.6 cm³/mol. The molecular weight excluding hydrogens is 292 g/mol. The number of rotatable bonds is 1. The fourth-order valence-electron chi connectivity index (χ4n) is 0.671. The van der Waals surface area contributed by atoms with E-state index < -0.39 is 0 Å². The summed E-state index contributed by atoms with van der Waals surface area (Å²) in [6, 6.07) is 1.55. The fraction of sp³-hybridized carbons (Fsp3) is 0. The van der Waals surface area contributed by atoms with Crippen LogP contribution >= 0.6 is 34.2 Å². The van der Waals surface area contributed by atoms with Crippen molar-refractivity contribution in [2.24, 2.45) is 5.84 Å². The molecule has 4 nitrogen and oxygen atoms in total. The van der Waals surface area contributed by atoms with Gasteiger partial charge in [-0.2, -0.15) is 0 Å². The van der Waals surface area contributed by atoms with Gasteiger partial charge in [0.15, 0.2) is 0 Å². The first-order valence-corrected chi connectivity index (χ1v) is 4.43. The molecule has 12 heavy (non-hydrogen) atoms. The van der Waals surface area contributed by atoms with Gasteiger partial charge in [0, 0.05) is 6.20 Å². The summed E-state index contributed by atoms with van der Waals surface area (Å²) in [6.45, 7) is 0. The van der Waals surface area contributed by atoms with Crippen LogP contribution in [0, 0.1) is 3.57 Å². The highest BCUT2D eigenvalue weighted by atomic mass is 127. The Labute approximate surface area is 87.6 Å². The monoisotopic (exact) mass is 297 g/mol. The molecule has 0 fully saturated rings. The number of hydrogen-bond donors (Lipinski definition) is 2. The number of hydrogen-bond acceptors (Lipinski definition) is 3. The van der Waals surface area contributed by atoms with Crippen molar-refractivity contribution in [2.75, 3.05) is 0 Å². The predicted octanol–water partition coefficient (Wildman–Crippen LogP) is 0.943. The maximum atomic E-state index is 11.1. The molecule has 0 radical (unpaired) electrons. The lowest BCUT2D eigenvalue weighted by Gasteiger charge is -2.02. The molecule has 1 rings (SSSR count). The number of carbonyl (C=O) groups excluding carboxylic acids is 1. The third-order valence-electron chi connectivity index (χ3n) is 1.22. The minimum absolute atomic E-state index is 0.303. The number of hydrazine groups is 1. The van der Waals surface area contributed by atoms with Crippen molar-refractivity contribution in [1.29, 1.82) is 0 Å². The van der Waals surface area contributed by atoms with Crippen molar-refractivity contribution < 1.29 is 4.79 Å². The lowest BCUT2D eigenvalue weighted by molar-refractivity contribution is 0.0952. The average molecular weight is 297 g/mol. The molecule has 0 atom stereocenters. The van der Waals surface area contributed by atoms with E-state index in [1.54, 1.807) is 6.07 Å². The number of nitrogens with two attached hydrogens (primary N) is 1.